The highest BCUT2D eigenvalue weighted by molar-refractivity contribution is 5.31. The molecular formula is C17H25N3. The first-order valence-corrected chi connectivity index (χ1v) is 7.56. The fourth-order valence-corrected chi connectivity index (χ4v) is 2.57. The van der Waals surface area contributed by atoms with E-state index in [1.807, 2.05) is 17.9 Å². The highest BCUT2D eigenvalue weighted by atomic mass is 15.3. The molecule has 20 heavy (non-hydrogen) atoms. The van der Waals surface area contributed by atoms with Crippen LogP contribution in [0.2, 0.25) is 0 Å². The number of nitrogens with one attached hydrogen (secondary N) is 1. The van der Waals surface area contributed by atoms with E-state index in [-0.39, 0.29) is 6.04 Å². The molecule has 0 fully saturated rings. The summed E-state index contributed by atoms with van der Waals surface area (Å²) in [6, 6.07) is 11.2. The molecule has 0 amide bonds. The van der Waals surface area contributed by atoms with Crippen LogP contribution in [0, 0.1) is 0 Å². The van der Waals surface area contributed by atoms with Crippen LogP contribution in [0.1, 0.15) is 49.6 Å². The average Bonchev–Trinajstić information content (AvgIpc) is 2.87. The summed E-state index contributed by atoms with van der Waals surface area (Å²) in [5.74, 6) is 0. The summed E-state index contributed by atoms with van der Waals surface area (Å²) < 4.78 is 1.96. The molecule has 1 heterocycles. The van der Waals surface area contributed by atoms with Gasteiger partial charge in [0, 0.05) is 13.2 Å². The van der Waals surface area contributed by atoms with E-state index in [9.17, 15) is 0 Å². The summed E-state index contributed by atoms with van der Waals surface area (Å²) in [5, 5.41) is 7.94. The first-order valence-electron chi connectivity index (χ1n) is 7.56. The van der Waals surface area contributed by atoms with Crippen molar-refractivity contribution in [1.82, 2.24) is 15.1 Å². The average molecular weight is 271 g/mol. The predicted octanol–water partition coefficient (Wildman–Crippen LogP) is 3.46. The van der Waals surface area contributed by atoms with Crippen LogP contribution in [0.3, 0.4) is 0 Å². The van der Waals surface area contributed by atoms with Crippen molar-refractivity contribution in [3.05, 3.63) is 53.3 Å². The van der Waals surface area contributed by atoms with Crippen LogP contribution in [0.4, 0.5) is 0 Å². The molecule has 0 aliphatic heterocycles. The van der Waals surface area contributed by atoms with Crippen molar-refractivity contribution < 1.29 is 0 Å². The minimum atomic E-state index is 0.222. The first kappa shape index (κ1) is 14.8. The van der Waals surface area contributed by atoms with Gasteiger partial charge in [-0.05, 0) is 36.6 Å². The van der Waals surface area contributed by atoms with Crippen LogP contribution in [0.5, 0.6) is 0 Å². The van der Waals surface area contributed by atoms with Gasteiger partial charge in [-0.2, -0.15) is 5.10 Å². The van der Waals surface area contributed by atoms with E-state index in [1.54, 1.807) is 0 Å². The summed E-state index contributed by atoms with van der Waals surface area (Å²) in [6.45, 7) is 5.43. The number of aromatic nitrogens is 2. The molecule has 3 nitrogen and oxygen atoms in total. The van der Waals surface area contributed by atoms with E-state index in [1.165, 1.54) is 23.2 Å². The van der Waals surface area contributed by atoms with Gasteiger partial charge in [0.05, 0.1) is 11.7 Å². The molecule has 0 bridgehead atoms. The van der Waals surface area contributed by atoms with Crippen molar-refractivity contribution in [3.8, 4) is 0 Å². The number of rotatable bonds is 7. The van der Waals surface area contributed by atoms with Crippen molar-refractivity contribution in [2.75, 3.05) is 6.54 Å². The van der Waals surface area contributed by atoms with Crippen LogP contribution < -0.4 is 5.32 Å². The molecule has 3 heteroatoms. The lowest BCUT2D eigenvalue weighted by Gasteiger charge is -2.20. The van der Waals surface area contributed by atoms with Crippen LogP contribution in [-0.4, -0.2) is 16.3 Å². The molecule has 1 N–H and O–H groups in total. The molecule has 1 aromatic carbocycles. The second kappa shape index (κ2) is 7.25. The van der Waals surface area contributed by atoms with Crippen molar-refractivity contribution in [2.45, 2.75) is 39.2 Å². The third-order valence-electron chi connectivity index (χ3n) is 3.58. The van der Waals surface area contributed by atoms with Crippen LogP contribution in [0.25, 0.3) is 0 Å². The van der Waals surface area contributed by atoms with Crippen LogP contribution in [0.15, 0.2) is 36.5 Å². The highest BCUT2D eigenvalue weighted by Crippen LogP contribution is 2.22. The van der Waals surface area contributed by atoms with Crippen molar-refractivity contribution >= 4 is 0 Å². The lowest BCUT2D eigenvalue weighted by molar-refractivity contribution is 0.553. The van der Waals surface area contributed by atoms with E-state index in [2.05, 4.69) is 54.6 Å². The van der Waals surface area contributed by atoms with Crippen molar-refractivity contribution in [3.63, 3.8) is 0 Å². The van der Waals surface area contributed by atoms with Gasteiger partial charge in [-0.15, -0.1) is 0 Å². The monoisotopic (exact) mass is 271 g/mol. The summed E-state index contributed by atoms with van der Waals surface area (Å²) in [4.78, 5) is 0. The molecule has 0 spiro atoms. The summed E-state index contributed by atoms with van der Waals surface area (Å²) >= 11 is 0. The minimum Gasteiger partial charge on any atom is -0.305 e. The standard InChI is InChI=1S/C17H25N3/c1-4-7-14-8-6-9-15(13-14)17(18-11-5-2)16-10-12-19-20(16)3/h6,8-10,12-13,17-18H,4-5,7,11H2,1-3H3. The van der Waals surface area contributed by atoms with Gasteiger partial charge in [0.2, 0.25) is 0 Å². The Kier molecular flexibility index (Phi) is 5.36. The summed E-state index contributed by atoms with van der Waals surface area (Å²) in [5.41, 5.74) is 3.95. The topological polar surface area (TPSA) is 29.9 Å². The summed E-state index contributed by atoms with van der Waals surface area (Å²) in [7, 11) is 2.01. The van der Waals surface area contributed by atoms with Gasteiger partial charge in [0.1, 0.15) is 0 Å². The SMILES string of the molecule is CCCNC(c1cccc(CCC)c1)c1ccnn1C. The Morgan fingerprint density at radius 2 is 2.05 bits per heavy atom. The minimum absolute atomic E-state index is 0.222. The van der Waals surface area contributed by atoms with Gasteiger partial charge in [-0.3, -0.25) is 4.68 Å². The Morgan fingerprint density at radius 1 is 1.20 bits per heavy atom. The van der Waals surface area contributed by atoms with Gasteiger partial charge < -0.3 is 5.32 Å². The molecule has 108 valence electrons. The third-order valence-corrected chi connectivity index (χ3v) is 3.58. The van der Waals surface area contributed by atoms with Crippen LogP contribution >= 0.6 is 0 Å². The molecule has 0 aliphatic rings. The maximum absolute atomic E-state index is 4.31. The quantitative estimate of drug-likeness (QED) is 0.835. The van der Waals surface area contributed by atoms with Gasteiger partial charge >= 0.3 is 0 Å². The van der Waals surface area contributed by atoms with E-state index in [4.69, 9.17) is 0 Å². The predicted molar refractivity (Wildman–Crippen MR) is 83.8 cm³/mol. The number of hydrogen-bond donors (Lipinski definition) is 1. The first-order chi connectivity index (χ1) is 9.76. The number of hydrogen-bond acceptors (Lipinski definition) is 2. The largest absolute Gasteiger partial charge is 0.305 e. The Balaban J connectivity index is 2.31. The Hall–Kier alpha value is -1.61. The van der Waals surface area contributed by atoms with Gasteiger partial charge in [0.25, 0.3) is 0 Å². The maximum Gasteiger partial charge on any atom is 0.0748 e. The van der Waals surface area contributed by atoms with E-state index in [0.717, 1.165) is 19.4 Å². The maximum atomic E-state index is 4.31. The Bertz CT molecular complexity index is 531. The van der Waals surface area contributed by atoms with E-state index < -0.39 is 0 Å². The third kappa shape index (κ3) is 3.48. The van der Waals surface area contributed by atoms with Crippen molar-refractivity contribution in [1.29, 1.82) is 0 Å². The number of nitrogens with zero attached hydrogens (tertiary/aromatic N) is 2. The number of benzene rings is 1. The highest BCUT2D eigenvalue weighted by Gasteiger charge is 2.16. The molecule has 1 aromatic heterocycles. The molecule has 2 rings (SSSR count). The van der Waals surface area contributed by atoms with Crippen LogP contribution in [-0.2, 0) is 13.5 Å². The zero-order valence-corrected chi connectivity index (χ0v) is 12.8. The van der Waals surface area contributed by atoms with Gasteiger partial charge in [-0.1, -0.05) is 44.5 Å². The molecule has 1 atom stereocenters. The fraction of sp³-hybridized carbons (Fsp3) is 0.471. The number of aryl methyl sites for hydroxylation is 2. The molecule has 0 saturated heterocycles. The van der Waals surface area contributed by atoms with E-state index in [0.29, 0.717) is 0 Å². The zero-order valence-electron chi connectivity index (χ0n) is 12.8. The van der Waals surface area contributed by atoms with Gasteiger partial charge in [-0.25, -0.2) is 0 Å². The normalized spacial score (nSPS) is 12.6. The second-order valence-corrected chi connectivity index (χ2v) is 5.26. The molecule has 2 aromatic rings. The molecule has 0 radical (unpaired) electrons. The van der Waals surface area contributed by atoms with E-state index >= 15 is 0 Å². The Labute approximate surface area is 122 Å². The Morgan fingerprint density at radius 3 is 2.70 bits per heavy atom. The molecule has 0 aliphatic carbocycles. The fourth-order valence-electron chi connectivity index (χ4n) is 2.57. The molecular weight excluding hydrogens is 246 g/mol. The van der Waals surface area contributed by atoms with Gasteiger partial charge in [0.15, 0.2) is 0 Å². The zero-order chi connectivity index (χ0) is 14.4. The molecule has 0 saturated carbocycles. The smallest absolute Gasteiger partial charge is 0.0748 e. The lowest BCUT2D eigenvalue weighted by atomic mass is 9.99. The second-order valence-electron chi connectivity index (χ2n) is 5.26. The lowest BCUT2D eigenvalue weighted by Crippen LogP contribution is -2.25. The summed E-state index contributed by atoms with van der Waals surface area (Å²) in [6.07, 6.45) is 5.32. The van der Waals surface area contributed by atoms with Crippen molar-refractivity contribution in [2.24, 2.45) is 7.05 Å². The molecule has 1 unspecified atom stereocenters.